The zero-order chi connectivity index (χ0) is 23.7. The molecule has 1 N–H and O–H groups in total. The van der Waals surface area contributed by atoms with Gasteiger partial charge in [0.05, 0.1) is 5.69 Å². The van der Waals surface area contributed by atoms with E-state index in [1.807, 2.05) is 49.4 Å². The number of hydrogen-bond donors (Lipinski definition) is 1. The molecule has 0 aliphatic rings. The lowest BCUT2D eigenvalue weighted by molar-refractivity contribution is 0.101. The van der Waals surface area contributed by atoms with Crippen molar-refractivity contribution >= 4 is 50.7 Å². The number of nitrogens with one attached hydrogen (secondary N) is 1. The molecule has 1 aromatic heterocycles. The number of anilines is 1. The summed E-state index contributed by atoms with van der Waals surface area (Å²) in [6, 6.07) is 18.6. The Bertz CT molecular complexity index is 1330. The van der Waals surface area contributed by atoms with E-state index in [4.69, 9.17) is 23.2 Å². The first-order valence-electron chi connectivity index (χ1n) is 10.3. The van der Waals surface area contributed by atoms with Gasteiger partial charge in [-0.15, -0.1) is 5.10 Å². The first-order valence-corrected chi connectivity index (χ1v) is 11.9. The van der Waals surface area contributed by atoms with E-state index in [0.29, 0.717) is 21.6 Å². The van der Waals surface area contributed by atoms with Crippen LogP contribution in [-0.2, 0) is 0 Å². The van der Waals surface area contributed by atoms with Crippen LogP contribution in [0.3, 0.4) is 0 Å². The van der Waals surface area contributed by atoms with E-state index in [1.54, 1.807) is 22.9 Å². The molecule has 0 aliphatic heterocycles. The van der Waals surface area contributed by atoms with Gasteiger partial charge in [0, 0.05) is 25.8 Å². The first kappa shape index (κ1) is 23.5. The lowest BCUT2D eigenvalue weighted by atomic mass is 10.0. The van der Waals surface area contributed by atoms with E-state index in [2.05, 4.69) is 45.2 Å². The molecule has 33 heavy (non-hydrogen) atoms. The van der Waals surface area contributed by atoms with Gasteiger partial charge in [0.15, 0.2) is 5.82 Å². The van der Waals surface area contributed by atoms with Gasteiger partial charge >= 0.3 is 0 Å². The van der Waals surface area contributed by atoms with E-state index >= 15 is 0 Å². The maximum Gasteiger partial charge on any atom is 0.295 e. The van der Waals surface area contributed by atoms with E-state index in [-0.39, 0.29) is 11.7 Å². The van der Waals surface area contributed by atoms with Crippen LogP contribution in [-0.4, -0.2) is 20.7 Å². The second kappa shape index (κ2) is 9.67. The Kier molecular flexibility index (Phi) is 6.88. The average molecular weight is 544 g/mol. The van der Waals surface area contributed by atoms with Crippen molar-refractivity contribution < 1.29 is 4.79 Å². The standard InChI is InChI=1S/C25H21BrCl2N4O/c1-14(2)20-12-17(26)7-11-22(20)29-25(33)23-30-24(16-5-8-18(27)9-6-16)32(31-23)19-10-4-15(3)21(28)13-19/h4-14H,1-3H3,(H,29,33). The summed E-state index contributed by atoms with van der Waals surface area (Å²) in [7, 11) is 0. The Morgan fingerprint density at radius 3 is 2.42 bits per heavy atom. The number of carbonyl (C=O) groups excluding carboxylic acids is 1. The molecule has 3 aromatic carbocycles. The average Bonchev–Trinajstić information content (AvgIpc) is 3.23. The highest BCUT2D eigenvalue weighted by molar-refractivity contribution is 9.10. The topological polar surface area (TPSA) is 59.8 Å². The molecule has 0 spiro atoms. The molecule has 0 unspecified atom stereocenters. The summed E-state index contributed by atoms with van der Waals surface area (Å²) in [5, 5.41) is 8.71. The fraction of sp³-hybridized carbons (Fsp3) is 0.160. The van der Waals surface area contributed by atoms with Crippen LogP contribution in [0.5, 0.6) is 0 Å². The molecule has 168 valence electrons. The van der Waals surface area contributed by atoms with Gasteiger partial charge in [0.1, 0.15) is 0 Å². The van der Waals surface area contributed by atoms with E-state index in [0.717, 1.165) is 26.9 Å². The lowest BCUT2D eigenvalue weighted by Gasteiger charge is -2.13. The van der Waals surface area contributed by atoms with Crippen molar-refractivity contribution in [3.05, 3.63) is 92.1 Å². The van der Waals surface area contributed by atoms with Crippen molar-refractivity contribution in [2.24, 2.45) is 0 Å². The summed E-state index contributed by atoms with van der Waals surface area (Å²) < 4.78 is 2.57. The zero-order valence-electron chi connectivity index (χ0n) is 18.2. The molecule has 5 nitrogen and oxygen atoms in total. The number of aromatic nitrogens is 3. The van der Waals surface area contributed by atoms with E-state index in [9.17, 15) is 4.79 Å². The molecule has 1 heterocycles. The maximum atomic E-state index is 13.2. The molecular weight excluding hydrogens is 523 g/mol. The molecule has 4 aromatic rings. The highest BCUT2D eigenvalue weighted by Gasteiger charge is 2.21. The molecule has 8 heteroatoms. The molecular formula is C25H21BrCl2N4O. The minimum Gasteiger partial charge on any atom is -0.319 e. The number of rotatable bonds is 5. The van der Waals surface area contributed by atoms with Crippen molar-refractivity contribution in [3.63, 3.8) is 0 Å². The SMILES string of the molecule is Cc1ccc(-n2nc(C(=O)Nc3ccc(Br)cc3C(C)C)nc2-c2ccc(Cl)cc2)cc1Cl. The number of carbonyl (C=O) groups is 1. The summed E-state index contributed by atoms with van der Waals surface area (Å²) in [6.07, 6.45) is 0. The minimum atomic E-state index is -0.397. The molecule has 0 radical (unpaired) electrons. The number of benzene rings is 3. The largest absolute Gasteiger partial charge is 0.319 e. The van der Waals surface area contributed by atoms with Crippen LogP contribution in [0, 0.1) is 6.92 Å². The van der Waals surface area contributed by atoms with Crippen molar-refractivity contribution in [1.82, 2.24) is 14.8 Å². The number of amides is 1. The van der Waals surface area contributed by atoms with Crippen LogP contribution in [0.4, 0.5) is 5.69 Å². The van der Waals surface area contributed by atoms with Gasteiger partial charge < -0.3 is 5.32 Å². The second-order valence-electron chi connectivity index (χ2n) is 7.95. The molecule has 0 aliphatic carbocycles. The van der Waals surface area contributed by atoms with Crippen LogP contribution < -0.4 is 5.32 Å². The second-order valence-corrected chi connectivity index (χ2v) is 9.71. The Hall–Kier alpha value is -2.67. The fourth-order valence-corrected chi connectivity index (χ4v) is 4.07. The Balaban J connectivity index is 1.77. The summed E-state index contributed by atoms with van der Waals surface area (Å²) in [5.74, 6) is 0.389. The van der Waals surface area contributed by atoms with Gasteiger partial charge in [-0.1, -0.05) is 59.0 Å². The Labute approximate surface area is 210 Å². The highest BCUT2D eigenvalue weighted by atomic mass is 79.9. The van der Waals surface area contributed by atoms with Crippen LogP contribution in [0.25, 0.3) is 17.1 Å². The molecule has 1 amide bonds. The van der Waals surface area contributed by atoms with Crippen LogP contribution >= 0.6 is 39.1 Å². The third-order valence-corrected chi connectivity index (χ3v) is 6.35. The number of nitrogens with zero attached hydrogens (tertiary/aromatic N) is 3. The molecule has 0 saturated heterocycles. The summed E-state index contributed by atoms with van der Waals surface area (Å²) >= 11 is 15.9. The Morgan fingerprint density at radius 2 is 1.76 bits per heavy atom. The molecule has 0 atom stereocenters. The summed E-state index contributed by atoms with van der Waals surface area (Å²) in [4.78, 5) is 17.7. The van der Waals surface area contributed by atoms with Gasteiger partial charge in [0.25, 0.3) is 5.91 Å². The van der Waals surface area contributed by atoms with E-state index < -0.39 is 5.91 Å². The maximum absolute atomic E-state index is 13.2. The zero-order valence-corrected chi connectivity index (χ0v) is 21.3. The smallest absolute Gasteiger partial charge is 0.295 e. The molecule has 0 bridgehead atoms. The third kappa shape index (κ3) is 5.13. The molecule has 4 rings (SSSR count). The van der Waals surface area contributed by atoms with Crippen LogP contribution in [0.1, 0.15) is 41.5 Å². The van der Waals surface area contributed by atoms with Gasteiger partial charge in [0.2, 0.25) is 5.82 Å². The van der Waals surface area contributed by atoms with Crippen molar-refractivity contribution in [3.8, 4) is 17.1 Å². The fourth-order valence-electron chi connectivity index (χ4n) is 3.39. The summed E-state index contributed by atoms with van der Waals surface area (Å²) in [5.41, 5.74) is 4.16. The van der Waals surface area contributed by atoms with Crippen LogP contribution in [0.2, 0.25) is 10.0 Å². The minimum absolute atomic E-state index is 0.0503. The quantitative estimate of drug-likeness (QED) is 0.280. The molecule has 0 fully saturated rings. The number of halogens is 3. The van der Waals surface area contributed by atoms with Gasteiger partial charge in [-0.25, -0.2) is 9.67 Å². The highest BCUT2D eigenvalue weighted by Crippen LogP contribution is 2.29. The van der Waals surface area contributed by atoms with Crippen LogP contribution in [0.15, 0.2) is 65.1 Å². The Morgan fingerprint density at radius 1 is 1.03 bits per heavy atom. The van der Waals surface area contributed by atoms with Crippen molar-refractivity contribution in [2.45, 2.75) is 26.7 Å². The normalized spacial score (nSPS) is 11.1. The number of hydrogen-bond acceptors (Lipinski definition) is 3. The van der Waals surface area contributed by atoms with Gasteiger partial charge in [-0.05, 0) is 78.6 Å². The first-order chi connectivity index (χ1) is 15.7. The van der Waals surface area contributed by atoms with Crippen molar-refractivity contribution in [1.29, 1.82) is 0 Å². The predicted molar refractivity (Wildman–Crippen MR) is 138 cm³/mol. The summed E-state index contributed by atoms with van der Waals surface area (Å²) in [6.45, 7) is 6.07. The lowest BCUT2D eigenvalue weighted by Crippen LogP contribution is -2.16. The van der Waals surface area contributed by atoms with Gasteiger partial charge in [-0.2, -0.15) is 0 Å². The van der Waals surface area contributed by atoms with E-state index in [1.165, 1.54) is 0 Å². The number of aryl methyl sites for hydroxylation is 1. The predicted octanol–water partition coefficient (Wildman–Crippen LogP) is 7.69. The third-order valence-electron chi connectivity index (χ3n) is 5.20. The van der Waals surface area contributed by atoms with Gasteiger partial charge in [-0.3, -0.25) is 4.79 Å². The van der Waals surface area contributed by atoms with Crippen molar-refractivity contribution in [2.75, 3.05) is 5.32 Å². The monoisotopic (exact) mass is 542 g/mol. The molecule has 0 saturated carbocycles.